The van der Waals surface area contributed by atoms with Crippen molar-refractivity contribution in [2.45, 2.75) is 4.83 Å². The molecular formula is C15H14Br2O2. The Morgan fingerprint density at radius 1 is 0.895 bits per heavy atom. The van der Waals surface area contributed by atoms with Crippen LogP contribution in [0.3, 0.4) is 0 Å². The lowest BCUT2D eigenvalue weighted by atomic mass is 10.0. The van der Waals surface area contributed by atoms with Gasteiger partial charge >= 0.3 is 0 Å². The molecule has 2 nitrogen and oxygen atoms in total. The monoisotopic (exact) mass is 384 g/mol. The first-order valence-electron chi connectivity index (χ1n) is 5.77. The molecule has 2 aromatic carbocycles. The first-order chi connectivity index (χ1) is 9.17. The highest BCUT2D eigenvalue weighted by Gasteiger charge is 2.18. The fourth-order valence-corrected chi connectivity index (χ4v) is 3.06. The normalized spacial score (nSPS) is 12.0. The third kappa shape index (κ3) is 3.12. The molecule has 2 rings (SSSR count). The van der Waals surface area contributed by atoms with Crippen LogP contribution in [-0.4, -0.2) is 14.2 Å². The van der Waals surface area contributed by atoms with Crippen LogP contribution >= 0.6 is 31.9 Å². The van der Waals surface area contributed by atoms with Crippen LogP contribution in [-0.2, 0) is 0 Å². The number of benzene rings is 2. The molecule has 0 bridgehead atoms. The van der Waals surface area contributed by atoms with E-state index in [1.54, 1.807) is 14.2 Å². The van der Waals surface area contributed by atoms with Crippen molar-refractivity contribution in [1.82, 2.24) is 0 Å². The third-order valence-electron chi connectivity index (χ3n) is 2.88. The van der Waals surface area contributed by atoms with Gasteiger partial charge in [-0.15, -0.1) is 0 Å². The molecule has 1 atom stereocenters. The van der Waals surface area contributed by atoms with Gasteiger partial charge in [-0.25, -0.2) is 0 Å². The van der Waals surface area contributed by atoms with Crippen LogP contribution in [0, 0.1) is 0 Å². The van der Waals surface area contributed by atoms with Crippen molar-refractivity contribution in [2.75, 3.05) is 14.2 Å². The Bertz CT molecular complexity index is 570. The van der Waals surface area contributed by atoms with E-state index >= 15 is 0 Å². The van der Waals surface area contributed by atoms with Gasteiger partial charge in [0.15, 0.2) is 0 Å². The van der Waals surface area contributed by atoms with Gasteiger partial charge < -0.3 is 9.47 Å². The van der Waals surface area contributed by atoms with Gasteiger partial charge in [-0.05, 0) is 24.3 Å². The molecule has 0 heterocycles. The first-order valence-corrected chi connectivity index (χ1v) is 7.48. The van der Waals surface area contributed by atoms with Gasteiger partial charge in [0.25, 0.3) is 0 Å². The molecule has 0 radical (unpaired) electrons. The van der Waals surface area contributed by atoms with Gasteiger partial charge in [0, 0.05) is 15.6 Å². The fraction of sp³-hybridized carbons (Fsp3) is 0.200. The number of para-hydroxylation sites is 1. The van der Waals surface area contributed by atoms with Crippen LogP contribution < -0.4 is 9.47 Å². The SMILES string of the molecule is COc1ccccc1C(Br)c1cc(Br)ccc1OC. The van der Waals surface area contributed by atoms with Crippen LogP contribution in [0.15, 0.2) is 46.9 Å². The minimum atomic E-state index is 0.0103. The van der Waals surface area contributed by atoms with E-state index in [4.69, 9.17) is 9.47 Å². The van der Waals surface area contributed by atoms with Gasteiger partial charge in [-0.2, -0.15) is 0 Å². The summed E-state index contributed by atoms with van der Waals surface area (Å²) in [5.41, 5.74) is 2.13. The highest BCUT2D eigenvalue weighted by molar-refractivity contribution is 9.10. The maximum atomic E-state index is 5.42. The molecule has 1 unspecified atom stereocenters. The first kappa shape index (κ1) is 14.4. The number of methoxy groups -OCH3 is 2. The molecule has 4 heteroatoms. The van der Waals surface area contributed by atoms with Gasteiger partial charge in [-0.3, -0.25) is 0 Å². The summed E-state index contributed by atoms with van der Waals surface area (Å²) in [7, 11) is 3.35. The zero-order valence-corrected chi connectivity index (χ0v) is 13.9. The van der Waals surface area contributed by atoms with Gasteiger partial charge in [0.1, 0.15) is 11.5 Å². The van der Waals surface area contributed by atoms with Crippen LogP contribution in [0.5, 0.6) is 11.5 Å². The second-order valence-electron chi connectivity index (χ2n) is 3.99. The van der Waals surface area contributed by atoms with E-state index in [-0.39, 0.29) is 4.83 Å². The number of hydrogen-bond donors (Lipinski definition) is 0. The van der Waals surface area contributed by atoms with Crippen molar-refractivity contribution in [3.05, 3.63) is 58.1 Å². The fourth-order valence-electron chi connectivity index (χ4n) is 1.95. The van der Waals surface area contributed by atoms with Gasteiger partial charge in [-0.1, -0.05) is 50.1 Å². The molecule has 0 aromatic heterocycles. The maximum Gasteiger partial charge on any atom is 0.123 e. The molecule has 0 saturated heterocycles. The molecule has 0 aliphatic carbocycles. The summed E-state index contributed by atoms with van der Waals surface area (Å²) in [6.07, 6.45) is 0. The predicted octanol–water partition coefficient (Wildman–Crippen LogP) is 4.95. The lowest BCUT2D eigenvalue weighted by Gasteiger charge is -2.17. The number of rotatable bonds is 4. The number of halogens is 2. The summed E-state index contributed by atoms with van der Waals surface area (Å²) in [6.45, 7) is 0. The predicted molar refractivity (Wildman–Crippen MR) is 84.5 cm³/mol. The Morgan fingerprint density at radius 3 is 2.21 bits per heavy atom. The van der Waals surface area contributed by atoms with Crippen LogP contribution in [0.1, 0.15) is 16.0 Å². The molecule has 0 fully saturated rings. The van der Waals surface area contributed by atoms with Crippen molar-refractivity contribution in [2.24, 2.45) is 0 Å². The zero-order chi connectivity index (χ0) is 13.8. The molecule has 0 aliphatic heterocycles. The summed E-state index contributed by atoms with van der Waals surface area (Å²) in [6, 6.07) is 13.9. The summed E-state index contributed by atoms with van der Waals surface area (Å²) >= 11 is 7.23. The summed E-state index contributed by atoms with van der Waals surface area (Å²) in [5, 5.41) is 0. The Kier molecular flexibility index (Phi) is 4.88. The molecule has 0 spiro atoms. The van der Waals surface area contributed by atoms with E-state index in [1.165, 1.54) is 0 Å². The Balaban J connectivity index is 2.49. The number of hydrogen-bond acceptors (Lipinski definition) is 2. The minimum absolute atomic E-state index is 0.0103. The Labute approximate surface area is 130 Å². The molecule has 19 heavy (non-hydrogen) atoms. The average Bonchev–Trinajstić information content (AvgIpc) is 2.46. The molecular weight excluding hydrogens is 372 g/mol. The quantitative estimate of drug-likeness (QED) is 0.693. The lowest BCUT2D eigenvalue weighted by Crippen LogP contribution is -1.99. The molecule has 2 aromatic rings. The van der Waals surface area contributed by atoms with Crippen molar-refractivity contribution in [1.29, 1.82) is 0 Å². The summed E-state index contributed by atoms with van der Waals surface area (Å²) in [4.78, 5) is 0.0103. The molecule has 0 saturated carbocycles. The summed E-state index contributed by atoms with van der Waals surface area (Å²) < 4.78 is 11.9. The number of ether oxygens (including phenoxy) is 2. The maximum absolute atomic E-state index is 5.42. The van der Waals surface area contributed by atoms with E-state index in [9.17, 15) is 0 Å². The smallest absolute Gasteiger partial charge is 0.123 e. The lowest BCUT2D eigenvalue weighted by molar-refractivity contribution is 0.405. The van der Waals surface area contributed by atoms with Crippen LogP contribution in [0.25, 0.3) is 0 Å². The van der Waals surface area contributed by atoms with Crippen molar-refractivity contribution >= 4 is 31.9 Å². The van der Waals surface area contributed by atoms with Gasteiger partial charge in [0.2, 0.25) is 0 Å². The van der Waals surface area contributed by atoms with Crippen molar-refractivity contribution in [3.8, 4) is 11.5 Å². The highest BCUT2D eigenvalue weighted by atomic mass is 79.9. The van der Waals surface area contributed by atoms with Crippen molar-refractivity contribution < 1.29 is 9.47 Å². The minimum Gasteiger partial charge on any atom is -0.496 e. The second kappa shape index (κ2) is 6.44. The Morgan fingerprint density at radius 2 is 1.53 bits per heavy atom. The molecule has 0 aliphatic rings. The van der Waals surface area contributed by atoms with E-state index < -0.39 is 0 Å². The van der Waals surface area contributed by atoms with Gasteiger partial charge in [0.05, 0.1) is 19.0 Å². The topological polar surface area (TPSA) is 18.5 Å². The second-order valence-corrected chi connectivity index (χ2v) is 5.82. The average molecular weight is 386 g/mol. The summed E-state index contributed by atoms with van der Waals surface area (Å²) in [5.74, 6) is 1.70. The van der Waals surface area contributed by atoms with E-state index in [0.29, 0.717) is 0 Å². The molecule has 0 N–H and O–H groups in total. The molecule has 100 valence electrons. The van der Waals surface area contributed by atoms with E-state index in [2.05, 4.69) is 31.9 Å². The molecule has 0 amide bonds. The van der Waals surface area contributed by atoms with Crippen LogP contribution in [0.2, 0.25) is 0 Å². The third-order valence-corrected chi connectivity index (χ3v) is 4.36. The Hall–Kier alpha value is -1.00. The van der Waals surface area contributed by atoms with Crippen LogP contribution in [0.4, 0.5) is 0 Å². The van der Waals surface area contributed by atoms with E-state index in [1.807, 2.05) is 42.5 Å². The largest absolute Gasteiger partial charge is 0.496 e. The van der Waals surface area contributed by atoms with Crippen molar-refractivity contribution in [3.63, 3.8) is 0 Å². The zero-order valence-electron chi connectivity index (χ0n) is 10.7. The standard InChI is InChI=1S/C15H14Br2O2/c1-18-13-6-4-3-5-11(13)15(17)12-9-10(16)7-8-14(12)19-2/h3-9,15H,1-2H3. The highest BCUT2D eigenvalue weighted by Crippen LogP contribution is 2.41. The number of alkyl halides is 1. The van der Waals surface area contributed by atoms with E-state index in [0.717, 1.165) is 27.1 Å².